The molecular formula is C20H18N2O5S. The highest BCUT2D eigenvalue weighted by Crippen LogP contribution is 2.19. The Hall–Kier alpha value is -3.39. The number of rotatable bonds is 5. The lowest BCUT2D eigenvalue weighted by molar-refractivity contribution is 0.0830. The molecule has 8 heteroatoms. The van der Waals surface area contributed by atoms with Gasteiger partial charge in [0.2, 0.25) is 0 Å². The van der Waals surface area contributed by atoms with Crippen LogP contribution >= 0.6 is 0 Å². The largest absolute Gasteiger partial charge is 0.459 e. The molecule has 0 atom stereocenters. The average Bonchev–Trinajstić information content (AvgIpc) is 3.14. The highest BCUT2D eigenvalue weighted by molar-refractivity contribution is 7.90. The van der Waals surface area contributed by atoms with Crippen molar-refractivity contribution < 1.29 is 22.4 Å². The number of hydrogen-bond acceptors (Lipinski definition) is 5. The first-order chi connectivity index (χ1) is 13.4. The second-order valence-corrected chi connectivity index (χ2v) is 8.06. The molecule has 0 bridgehead atoms. The molecule has 0 spiro atoms. The summed E-state index contributed by atoms with van der Waals surface area (Å²) in [5, 5.41) is 0. The van der Waals surface area contributed by atoms with E-state index in [0.29, 0.717) is 5.56 Å². The van der Waals surface area contributed by atoms with Crippen molar-refractivity contribution in [1.82, 2.24) is 10.9 Å². The van der Waals surface area contributed by atoms with Crippen LogP contribution in [0, 0.1) is 6.92 Å². The summed E-state index contributed by atoms with van der Waals surface area (Å²) in [5.41, 5.74) is 5.91. The smallest absolute Gasteiger partial charge is 0.305 e. The number of carbonyl (C=O) groups is 2. The molecule has 0 saturated carbocycles. The molecule has 1 aromatic heterocycles. The Morgan fingerprint density at radius 3 is 2.25 bits per heavy atom. The van der Waals surface area contributed by atoms with Crippen LogP contribution in [0.25, 0.3) is 0 Å². The van der Waals surface area contributed by atoms with E-state index in [9.17, 15) is 18.0 Å². The number of hydrazine groups is 1. The summed E-state index contributed by atoms with van der Waals surface area (Å²) in [6, 6.07) is 16.3. The highest BCUT2D eigenvalue weighted by Gasteiger charge is 2.23. The number of hydrogen-bond donors (Lipinski definition) is 2. The average molecular weight is 398 g/mol. The van der Waals surface area contributed by atoms with Crippen molar-refractivity contribution in [2.45, 2.75) is 17.6 Å². The molecular weight excluding hydrogens is 380 g/mol. The summed E-state index contributed by atoms with van der Waals surface area (Å²) in [6.07, 6.45) is 1.23. The van der Waals surface area contributed by atoms with Gasteiger partial charge in [0.05, 0.1) is 16.9 Å². The van der Waals surface area contributed by atoms with Crippen molar-refractivity contribution in [2.24, 2.45) is 0 Å². The molecule has 28 heavy (non-hydrogen) atoms. The summed E-state index contributed by atoms with van der Waals surface area (Å²) in [5.74, 6) is -1.81. The third kappa shape index (κ3) is 4.29. The van der Waals surface area contributed by atoms with Crippen molar-refractivity contribution in [1.29, 1.82) is 0 Å². The van der Waals surface area contributed by atoms with Gasteiger partial charge in [-0.15, -0.1) is 0 Å². The van der Waals surface area contributed by atoms with Crippen molar-refractivity contribution in [3.8, 4) is 0 Å². The summed E-state index contributed by atoms with van der Waals surface area (Å²) in [6.45, 7) is 1.77. The monoisotopic (exact) mass is 398 g/mol. The van der Waals surface area contributed by atoms with E-state index in [4.69, 9.17) is 4.42 Å². The van der Waals surface area contributed by atoms with Crippen molar-refractivity contribution in [3.63, 3.8) is 0 Å². The van der Waals surface area contributed by atoms with E-state index in [1.165, 1.54) is 24.5 Å². The Bertz CT molecular complexity index is 1100. The first-order valence-electron chi connectivity index (χ1n) is 8.39. The van der Waals surface area contributed by atoms with Crippen molar-refractivity contribution >= 4 is 21.7 Å². The maximum atomic E-state index is 12.5. The Morgan fingerprint density at radius 2 is 1.54 bits per heavy atom. The van der Waals surface area contributed by atoms with E-state index < -0.39 is 27.4 Å². The van der Waals surface area contributed by atoms with Gasteiger partial charge in [-0.2, -0.15) is 0 Å². The molecule has 1 heterocycles. The molecule has 3 aromatic rings. The van der Waals surface area contributed by atoms with E-state index in [1.54, 1.807) is 49.4 Å². The molecule has 0 aliphatic carbocycles. The fraction of sp³-hybridized carbons (Fsp3) is 0.100. The van der Waals surface area contributed by atoms with Crippen LogP contribution in [0.5, 0.6) is 0 Å². The van der Waals surface area contributed by atoms with Gasteiger partial charge in [0, 0.05) is 11.1 Å². The van der Waals surface area contributed by atoms with Gasteiger partial charge in [-0.05, 0) is 36.8 Å². The zero-order valence-electron chi connectivity index (χ0n) is 15.0. The third-order valence-electron chi connectivity index (χ3n) is 4.08. The normalized spacial score (nSPS) is 11.0. The maximum absolute atomic E-state index is 12.5. The summed E-state index contributed by atoms with van der Waals surface area (Å²) >= 11 is 0. The van der Waals surface area contributed by atoms with E-state index in [1.807, 2.05) is 0 Å². The van der Waals surface area contributed by atoms with Crippen LogP contribution < -0.4 is 10.9 Å². The quantitative estimate of drug-likeness (QED) is 0.643. The van der Waals surface area contributed by atoms with Gasteiger partial charge in [0.25, 0.3) is 5.91 Å². The molecule has 0 unspecified atom stereocenters. The van der Waals surface area contributed by atoms with E-state index in [2.05, 4.69) is 10.9 Å². The molecule has 2 amide bonds. The van der Waals surface area contributed by atoms with Gasteiger partial charge in [0.1, 0.15) is 0 Å². The summed E-state index contributed by atoms with van der Waals surface area (Å²) in [7, 11) is -3.65. The van der Waals surface area contributed by atoms with Gasteiger partial charge in [-0.1, -0.05) is 36.4 Å². The standard InChI is InChI=1S/C20H18N2O5S/c1-14-7-5-6-10-17(14)19(23)21-22-20(24)18-15(11-12-27-18)13-28(25,26)16-8-3-2-4-9-16/h2-12H,13H2,1H3,(H,21,23)(H,22,24). The van der Waals surface area contributed by atoms with Crippen molar-refractivity contribution in [2.75, 3.05) is 0 Å². The minimum atomic E-state index is -3.65. The van der Waals surface area contributed by atoms with Crippen molar-refractivity contribution in [3.05, 3.63) is 89.4 Å². The van der Waals surface area contributed by atoms with Crippen LogP contribution in [0.15, 0.2) is 76.2 Å². The fourth-order valence-electron chi connectivity index (χ4n) is 2.63. The lowest BCUT2D eigenvalue weighted by Gasteiger charge is -2.09. The van der Waals surface area contributed by atoms with Gasteiger partial charge >= 0.3 is 5.91 Å². The number of aryl methyl sites for hydroxylation is 1. The van der Waals surface area contributed by atoms with Crippen LogP contribution in [0.3, 0.4) is 0 Å². The highest BCUT2D eigenvalue weighted by atomic mass is 32.2. The number of carbonyl (C=O) groups excluding carboxylic acids is 2. The van der Waals surface area contributed by atoms with Gasteiger partial charge in [0.15, 0.2) is 15.6 Å². The lowest BCUT2D eigenvalue weighted by Crippen LogP contribution is -2.42. The van der Waals surface area contributed by atoms with Gasteiger partial charge < -0.3 is 4.42 Å². The van der Waals surface area contributed by atoms with Crippen LogP contribution in [-0.2, 0) is 15.6 Å². The van der Waals surface area contributed by atoms with Crippen LogP contribution in [0.2, 0.25) is 0 Å². The lowest BCUT2D eigenvalue weighted by atomic mass is 10.1. The first-order valence-corrected chi connectivity index (χ1v) is 10.0. The SMILES string of the molecule is Cc1ccccc1C(=O)NNC(=O)c1occc1CS(=O)(=O)c1ccccc1. The van der Waals surface area contributed by atoms with E-state index in [0.717, 1.165) is 5.56 Å². The first kappa shape index (κ1) is 19.4. The molecule has 0 aliphatic heterocycles. The summed E-state index contributed by atoms with van der Waals surface area (Å²) < 4.78 is 30.2. The number of benzene rings is 2. The molecule has 2 aromatic carbocycles. The zero-order valence-corrected chi connectivity index (χ0v) is 15.8. The predicted molar refractivity (Wildman–Crippen MR) is 102 cm³/mol. The predicted octanol–water partition coefficient (Wildman–Crippen LogP) is 2.64. The van der Waals surface area contributed by atoms with Gasteiger partial charge in [-0.25, -0.2) is 8.42 Å². The topological polar surface area (TPSA) is 105 Å². The Kier molecular flexibility index (Phi) is 5.60. The van der Waals surface area contributed by atoms with E-state index >= 15 is 0 Å². The van der Waals surface area contributed by atoms with Gasteiger partial charge in [-0.3, -0.25) is 20.4 Å². The second-order valence-electron chi connectivity index (χ2n) is 6.07. The minimum Gasteiger partial charge on any atom is -0.459 e. The van der Waals surface area contributed by atoms with Crippen LogP contribution in [0.1, 0.15) is 32.0 Å². The summed E-state index contributed by atoms with van der Waals surface area (Å²) in [4.78, 5) is 24.7. The molecule has 2 N–H and O–H groups in total. The number of sulfone groups is 1. The molecule has 144 valence electrons. The van der Waals surface area contributed by atoms with Crippen LogP contribution in [-0.4, -0.2) is 20.2 Å². The molecule has 0 fully saturated rings. The molecule has 3 rings (SSSR count). The molecule has 0 radical (unpaired) electrons. The zero-order chi connectivity index (χ0) is 20.1. The minimum absolute atomic E-state index is 0.149. The number of furan rings is 1. The molecule has 0 aliphatic rings. The third-order valence-corrected chi connectivity index (χ3v) is 5.76. The van der Waals surface area contributed by atoms with E-state index in [-0.39, 0.29) is 16.2 Å². The fourth-order valence-corrected chi connectivity index (χ4v) is 4.00. The Labute approximate surface area is 162 Å². The maximum Gasteiger partial charge on any atom is 0.305 e. The Morgan fingerprint density at radius 1 is 0.893 bits per heavy atom. The molecule has 0 saturated heterocycles. The molecule has 7 nitrogen and oxygen atoms in total. The number of amides is 2. The Balaban J connectivity index is 1.70. The number of nitrogens with one attached hydrogen (secondary N) is 2. The van der Waals surface area contributed by atoms with Crippen LogP contribution in [0.4, 0.5) is 0 Å². The second kappa shape index (κ2) is 8.10.